The normalized spacial score (nSPS) is 12.8. The molecule has 2 amide bonds. The number of amides is 2. The molecular formula is C44H43N5O4. The summed E-state index contributed by atoms with van der Waals surface area (Å²) in [6.45, 7) is 4.96. The van der Waals surface area contributed by atoms with E-state index < -0.39 is 5.97 Å². The van der Waals surface area contributed by atoms with Gasteiger partial charge >= 0.3 is 5.97 Å². The zero-order valence-corrected chi connectivity index (χ0v) is 29.8. The van der Waals surface area contributed by atoms with Gasteiger partial charge in [0.05, 0.1) is 16.9 Å². The molecule has 1 saturated heterocycles. The third kappa shape index (κ3) is 7.99. The number of aromatic carboxylic acids is 1. The maximum atomic E-state index is 13.9. The lowest BCUT2D eigenvalue weighted by atomic mass is 10.0. The molecule has 268 valence electrons. The van der Waals surface area contributed by atoms with E-state index in [-0.39, 0.29) is 17.4 Å². The Bertz CT molecular complexity index is 2290. The molecule has 0 spiro atoms. The number of aryl methyl sites for hydroxylation is 1. The van der Waals surface area contributed by atoms with Gasteiger partial charge in [-0.15, -0.1) is 0 Å². The molecule has 7 rings (SSSR count). The number of carbonyl (C=O) groups is 3. The van der Waals surface area contributed by atoms with Crippen molar-refractivity contribution in [2.45, 2.75) is 52.1 Å². The summed E-state index contributed by atoms with van der Waals surface area (Å²) in [4.78, 5) is 46.1. The second-order valence-corrected chi connectivity index (χ2v) is 13.6. The molecule has 1 aliphatic rings. The van der Waals surface area contributed by atoms with E-state index in [9.17, 15) is 19.5 Å². The fourth-order valence-corrected chi connectivity index (χ4v) is 7.19. The number of nitrogens with zero attached hydrogens (tertiary/aromatic N) is 3. The van der Waals surface area contributed by atoms with Crippen LogP contribution in [0, 0.1) is 0 Å². The number of hydrogen-bond donors (Lipinski definition) is 3. The highest BCUT2D eigenvalue weighted by Gasteiger charge is 2.19. The van der Waals surface area contributed by atoms with E-state index in [1.807, 2.05) is 65.4 Å². The molecule has 0 aliphatic carbocycles. The summed E-state index contributed by atoms with van der Waals surface area (Å²) in [5, 5.41) is 16.5. The van der Waals surface area contributed by atoms with Gasteiger partial charge in [0.15, 0.2) is 0 Å². The summed E-state index contributed by atoms with van der Waals surface area (Å²) in [6, 6.07) is 32.2. The molecule has 4 aromatic carbocycles. The molecule has 1 aliphatic heterocycles. The number of hydrogen-bond acceptors (Lipinski definition) is 5. The van der Waals surface area contributed by atoms with Gasteiger partial charge in [0.25, 0.3) is 11.8 Å². The van der Waals surface area contributed by atoms with Gasteiger partial charge in [0, 0.05) is 71.9 Å². The van der Waals surface area contributed by atoms with Gasteiger partial charge in [-0.25, -0.2) is 4.79 Å². The molecular weight excluding hydrogens is 663 g/mol. The molecule has 3 N–H and O–H groups in total. The smallest absolute Gasteiger partial charge is 0.336 e. The molecule has 0 saturated carbocycles. The lowest BCUT2D eigenvalue weighted by molar-refractivity contribution is 0.0698. The van der Waals surface area contributed by atoms with Crippen molar-refractivity contribution in [3.63, 3.8) is 0 Å². The van der Waals surface area contributed by atoms with E-state index in [1.165, 1.54) is 12.0 Å². The second-order valence-electron chi connectivity index (χ2n) is 13.6. The van der Waals surface area contributed by atoms with Gasteiger partial charge in [-0.2, -0.15) is 0 Å². The molecule has 1 fully saturated rings. The number of benzene rings is 4. The monoisotopic (exact) mass is 705 g/mol. The number of anilines is 2. The number of carbonyl (C=O) groups excluding carboxylic acids is 2. The molecule has 9 nitrogen and oxygen atoms in total. The van der Waals surface area contributed by atoms with E-state index in [4.69, 9.17) is 0 Å². The quantitative estimate of drug-likeness (QED) is 0.118. The number of fused-ring (bicyclic) bond motifs is 1. The number of piperidine rings is 1. The van der Waals surface area contributed by atoms with Crippen molar-refractivity contribution in [3.05, 3.63) is 149 Å². The first-order valence-electron chi connectivity index (χ1n) is 18.3. The van der Waals surface area contributed by atoms with Crippen molar-refractivity contribution >= 4 is 40.1 Å². The minimum Gasteiger partial charge on any atom is -0.478 e. The third-order valence-electron chi connectivity index (χ3n) is 9.93. The highest BCUT2D eigenvalue weighted by molar-refractivity contribution is 6.07. The number of carboxylic acid groups (broad SMARTS) is 1. The van der Waals surface area contributed by atoms with Gasteiger partial charge < -0.3 is 25.2 Å². The van der Waals surface area contributed by atoms with Crippen LogP contribution in [0.4, 0.5) is 11.4 Å². The maximum absolute atomic E-state index is 13.9. The fourth-order valence-electron chi connectivity index (χ4n) is 7.19. The number of carboxylic acids is 1. The molecule has 6 aromatic rings. The first-order chi connectivity index (χ1) is 25.9. The Kier molecular flexibility index (Phi) is 10.6. The van der Waals surface area contributed by atoms with Crippen LogP contribution in [0.5, 0.6) is 0 Å². The van der Waals surface area contributed by atoms with Crippen LogP contribution >= 0.6 is 0 Å². The first-order valence-corrected chi connectivity index (χ1v) is 18.3. The molecule has 9 heteroatoms. The van der Waals surface area contributed by atoms with Gasteiger partial charge in [0.2, 0.25) is 0 Å². The third-order valence-corrected chi connectivity index (χ3v) is 9.93. The van der Waals surface area contributed by atoms with Crippen LogP contribution in [0.1, 0.15) is 80.4 Å². The van der Waals surface area contributed by atoms with Crippen LogP contribution in [0.25, 0.3) is 22.2 Å². The second kappa shape index (κ2) is 16.0. The standard InChI is InChI=1S/C44H43N5O4/c1-2-10-31-12-4-5-13-34(31)28-46-42(50)33-19-21-45-40(26-33)38-27-35(48-22-6-3-7-23-48)17-18-39(38)47-43(51)32-14-8-11-30(25-32)29-49-24-20-36-37(44(52)53)15-9-16-41(36)49/h4-5,8-9,11-21,24-27H,2-3,6-7,10,22-23,28-29H2,1H3,(H,46,50)(H,47,51)(H,52,53). The molecule has 0 unspecified atom stereocenters. The van der Waals surface area contributed by atoms with Crippen LogP contribution in [0.2, 0.25) is 0 Å². The minimum atomic E-state index is -0.968. The average Bonchev–Trinajstić information content (AvgIpc) is 3.60. The predicted molar refractivity (Wildman–Crippen MR) is 210 cm³/mol. The average molecular weight is 706 g/mol. The molecule has 3 heterocycles. The largest absolute Gasteiger partial charge is 0.478 e. The summed E-state index contributed by atoms with van der Waals surface area (Å²) in [7, 11) is 0. The van der Waals surface area contributed by atoms with Crippen molar-refractivity contribution in [1.29, 1.82) is 0 Å². The molecule has 0 atom stereocenters. The van der Waals surface area contributed by atoms with Crippen LogP contribution < -0.4 is 15.5 Å². The number of pyridine rings is 1. The Morgan fingerprint density at radius 2 is 1.58 bits per heavy atom. The zero-order chi connectivity index (χ0) is 36.7. The summed E-state index contributed by atoms with van der Waals surface area (Å²) in [5.41, 5.74) is 8.24. The van der Waals surface area contributed by atoms with Gasteiger partial charge in [-0.05, 0) is 103 Å². The van der Waals surface area contributed by atoms with Crippen molar-refractivity contribution in [2.75, 3.05) is 23.3 Å². The van der Waals surface area contributed by atoms with Crippen molar-refractivity contribution < 1.29 is 19.5 Å². The highest BCUT2D eigenvalue weighted by atomic mass is 16.4. The Morgan fingerprint density at radius 1 is 0.792 bits per heavy atom. The minimum absolute atomic E-state index is 0.191. The lowest BCUT2D eigenvalue weighted by Crippen LogP contribution is -2.29. The highest BCUT2D eigenvalue weighted by Crippen LogP contribution is 2.33. The topological polar surface area (TPSA) is 117 Å². The van der Waals surface area contributed by atoms with Crippen LogP contribution in [-0.2, 0) is 19.5 Å². The fraction of sp³-hybridized carbons (Fsp3) is 0.227. The first kappa shape index (κ1) is 35.2. The molecule has 53 heavy (non-hydrogen) atoms. The Labute approximate surface area is 309 Å². The van der Waals surface area contributed by atoms with E-state index in [1.54, 1.807) is 36.5 Å². The van der Waals surface area contributed by atoms with Crippen LogP contribution in [0.15, 0.2) is 116 Å². The summed E-state index contributed by atoms with van der Waals surface area (Å²) >= 11 is 0. The summed E-state index contributed by atoms with van der Waals surface area (Å²) in [6.07, 6.45) is 8.95. The zero-order valence-electron chi connectivity index (χ0n) is 29.8. The molecule has 2 aromatic heterocycles. The van der Waals surface area contributed by atoms with Gasteiger partial charge in [-0.3, -0.25) is 14.6 Å². The van der Waals surface area contributed by atoms with E-state index in [0.717, 1.165) is 66.7 Å². The predicted octanol–water partition coefficient (Wildman–Crippen LogP) is 8.57. The Morgan fingerprint density at radius 3 is 2.40 bits per heavy atom. The van der Waals surface area contributed by atoms with Gasteiger partial charge in [-0.1, -0.05) is 55.8 Å². The van der Waals surface area contributed by atoms with E-state index in [0.29, 0.717) is 41.0 Å². The van der Waals surface area contributed by atoms with Crippen molar-refractivity contribution in [3.8, 4) is 11.3 Å². The Hall–Kier alpha value is -6.22. The Balaban J connectivity index is 1.14. The van der Waals surface area contributed by atoms with Crippen molar-refractivity contribution in [1.82, 2.24) is 14.9 Å². The van der Waals surface area contributed by atoms with Crippen LogP contribution in [0.3, 0.4) is 0 Å². The SMILES string of the molecule is CCCc1ccccc1CNC(=O)c1ccnc(-c2cc(N3CCCCC3)ccc2NC(=O)c2cccc(Cn3ccc4c(C(=O)O)cccc43)c2)c1. The molecule has 0 bridgehead atoms. The van der Waals surface area contributed by atoms with E-state index in [2.05, 4.69) is 45.6 Å². The molecule has 0 radical (unpaired) electrons. The lowest BCUT2D eigenvalue weighted by Gasteiger charge is -2.29. The maximum Gasteiger partial charge on any atom is 0.336 e. The summed E-state index contributed by atoms with van der Waals surface area (Å²) < 4.78 is 1.98. The van der Waals surface area contributed by atoms with Crippen molar-refractivity contribution in [2.24, 2.45) is 0 Å². The van der Waals surface area contributed by atoms with Gasteiger partial charge in [0.1, 0.15) is 0 Å². The van der Waals surface area contributed by atoms with Crippen LogP contribution in [-0.4, -0.2) is 45.5 Å². The number of nitrogens with one attached hydrogen (secondary N) is 2. The van der Waals surface area contributed by atoms with E-state index >= 15 is 0 Å². The number of aromatic nitrogens is 2. The number of rotatable bonds is 12. The summed E-state index contributed by atoms with van der Waals surface area (Å²) in [5.74, 6) is -1.43.